The first-order chi connectivity index (χ1) is 8.61. The number of allylic oxidation sites excluding steroid dienone is 2. The lowest BCUT2D eigenvalue weighted by Crippen LogP contribution is -2.57. The summed E-state index contributed by atoms with van der Waals surface area (Å²) in [7, 11) is 0. The maximum atomic E-state index is 9.77. The van der Waals surface area contributed by atoms with E-state index < -0.39 is 29.9 Å². The van der Waals surface area contributed by atoms with E-state index in [1.54, 1.807) is 0 Å². The molecule has 1 rings (SSSR count). The average Bonchev–Trinajstić information content (AvgIpc) is 2.38. The molecule has 4 N–H and O–H groups in total. The van der Waals surface area contributed by atoms with Crippen molar-refractivity contribution < 1.29 is 25.2 Å². The molecule has 1 heterocycles. The predicted octanol–water partition coefficient (Wildman–Crippen LogP) is -0.124. The summed E-state index contributed by atoms with van der Waals surface area (Å²) in [6.07, 6.45) is 1.46. The SMILES string of the molecule is CC/C=C\CCS[C@@H]1O[C@H](CO)[C@@H](O)[C@H](O)[C@H]1O. The minimum Gasteiger partial charge on any atom is -0.394 e. The van der Waals surface area contributed by atoms with Gasteiger partial charge in [0.1, 0.15) is 29.9 Å². The Morgan fingerprint density at radius 3 is 2.44 bits per heavy atom. The summed E-state index contributed by atoms with van der Waals surface area (Å²) in [5.74, 6) is 0.749. The lowest BCUT2D eigenvalue weighted by atomic mass is 10.0. The lowest BCUT2D eigenvalue weighted by molar-refractivity contribution is -0.205. The van der Waals surface area contributed by atoms with Gasteiger partial charge in [0.05, 0.1) is 6.61 Å². The van der Waals surface area contributed by atoms with Crippen LogP contribution in [0.25, 0.3) is 0 Å². The van der Waals surface area contributed by atoms with Gasteiger partial charge in [-0.15, -0.1) is 11.8 Å². The maximum Gasteiger partial charge on any atom is 0.132 e. The number of rotatable bonds is 6. The molecule has 0 aromatic rings. The third kappa shape index (κ3) is 4.22. The normalized spacial score (nSPS) is 37.3. The van der Waals surface area contributed by atoms with Gasteiger partial charge in [-0.3, -0.25) is 0 Å². The summed E-state index contributed by atoms with van der Waals surface area (Å²) in [4.78, 5) is 0. The Morgan fingerprint density at radius 2 is 1.83 bits per heavy atom. The molecule has 0 radical (unpaired) electrons. The van der Waals surface area contributed by atoms with Gasteiger partial charge in [0.15, 0.2) is 0 Å². The molecule has 0 bridgehead atoms. The van der Waals surface area contributed by atoms with E-state index in [4.69, 9.17) is 9.84 Å². The molecule has 1 aliphatic heterocycles. The van der Waals surface area contributed by atoms with Crippen molar-refractivity contribution in [3.63, 3.8) is 0 Å². The lowest BCUT2D eigenvalue weighted by Gasteiger charge is -2.39. The topological polar surface area (TPSA) is 90.2 Å². The van der Waals surface area contributed by atoms with E-state index in [2.05, 4.69) is 19.1 Å². The van der Waals surface area contributed by atoms with Crippen LogP contribution in [0.15, 0.2) is 12.2 Å². The predicted molar refractivity (Wildman–Crippen MR) is 70.3 cm³/mol. The maximum absolute atomic E-state index is 9.77. The Balaban J connectivity index is 2.41. The molecular formula is C12H22O5S. The molecule has 1 aliphatic rings. The van der Waals surface area contributed by atoms with Crippen LogP contribution in [0.1, 0.15) is 19.8 Å². The quantitative estimate of drug-likeness (QED) is 0.400. The molecule has 0 saturated carbocycles. The van der Waals surface area contributed by atoms with Gasteiger partial charge < -0.3 is 25.2 Å². The highest BCUT2D eigenvalue weighted by Gasteiger charge is 2.43. The van der Waals surface area contributed by atoms with Crippen LogP contribution in [0, 0.1) is 0 Å². The second-order valence-electron chi connectivity index (χ2n) is 4.24. The van der Waals surface area contributed by atoms with Gasteiger partial charge in [-0.2, -0.15) is 0 Å². The smallest absolute Gasteiger partial charge is 0.132 e. The van der Waals surface area contributed by atoms with Crippen molar-refractivity contribution in [2.24, 2.45) is 0 Å². The summed E-state index contributed by atoms with van der Waals surface area (Å²) >= 11 is 1.38. The number of thioether (sulfide) groups is 1. The monoisotopic (exact) mass is 278 g/mol. The van der Waals surface area contributed by atoms with Gasteiger partial charge in [0, 0.05) is 0 Å². The van der Waals surface area contributed by atoms with Gasteiger partial charge in [-0.05, 0) is 18.6 Å². The highest BCUT2D eigenvalue weighted by Crippen LogP contribution is 2.28. The summed E-state index contributed by atoms with van der Waals surface area (Å²) in [6.45, 7) is 1.68. The minimum atomic E-state index is -1.28. The highest BCUT2D eigenvalue weighted by atomic mass is 32.2. The second kappa shape index (κ2) is 8.14. The van der Waals surface area contributed by atoms with Crippen molar-refractivity contribution in [2.45, 2.75) is 49.6 Å². The van der Waals surface area contributed by atoms with E-state index in [0.717, 1.165) is 18.6 Å². The van der Waals surface area contributed by atoms with Crippen LogP contribution in [-0.4, -0.2) is 62.6 Å². The number of hydrogen-bond donors (Lipinski definition) is 4. The first-order valence-electron chi connectivity index (χ1n) is 6.19. The van der Waals surface area contributed by atoms with Crippen molar-refractivity contribution in [2.75, 3.05) is 12.4 Å². The van der Waals surface area contributed by atoms with Crippen LogP contribution in [0.2, 0.25) is 0 Å². The zero-order valence-electron chi connectivity index (χ0n) is 10.5. The Labute approximate surface area is 111 Å². The van der Waals surface area contributed by atoms with Crippen LogP contribution in [0.3, 0.4) is 0 Å². The first kappa shape index (κ1) is 15.9. The molecular weight excluding hydrogens is 256 g/mol. The van der Waals surface area contributed by atoms with Gasteiger partial charge in [-0.25, -0.2) is 0 Å². The summed E-state index contributed by atoms with van der Waals surface area (Å²) in [6, 6.07) is 0. The Kier molecular flexibility index (Phi) is 7.21. The van der Waals surface area contributed by atoms with Crippen molar-refractivity contribution in [1.82, 2.24) is 0 Å². The van der Waals surface area contributed by atoms with E-state index in [9.17, 15) is 15.3 Å². The third-order valence-corrected chi connectivity index (χ3v) is 4.01. The van der Waals surface area contributed by atoms with Gasteiger partial charge in [-0.1, -0.05) is 19.1 Å². The van der Waals surface area contributed by atoms with Crippen LogP contribution >= 0.6 is 11.8 Å². The fourth-order valence-electron chi connectivity index (χ4n) is 1.74. The molecule has 1 fully saturated rings. The largest absolute Gasteiger partial charge is 0.394 e. The van der Waals surface area contributed by atoms with Crippen molar-refractivity contribution >= 4 is 11.8 Å². The van der Waals surface area contributed by atoms with Crippen LogP contribution in [0.5, 0.6) is 0 Å². The fraction of sp³-hybridized carbons (Fsp3) is 0.833. The molecule has 6 heteroatoms. The Bertz CT molecular complexity index is 259. The van der Waals surface area contributed by atoms with Crippen molar-refractivity contribution in [3.05, 3.63) is 12.2 Å². The van der Waals surface area contributed by atoms with Gasteiger partial charge in [0.25, 0.3) is 0 Å². The zero-order chi connectivity index (χ0) is 13.5. The van der Waals surface area contributed by atoms with Gasteiger partial charge in [0.2, 0.25) is 0 Å². The van der Waals surface area contributed by atoms with E-state index >= 15 is 0 Å². The van der Waals surface area contributed by atoms with E-state index in [1.165, 1.54) is 11.8 Å². The van der Waals surface area contributed by atoms with E-state index in [-0.39, 0.29) is 6.61 Å². The summed E-state index contributed by atoms with van der Waals surface area (Å²) < 4.78 is 5.37. The van der Waals surface area contributed by atoms with Crippen molar-refractivity contribution in [3.8, 4) is 0 Å². The molecule has 0 spiro atoms. The number of aliphatic hydroxyl groups is 4. The molecule has 0 amide bonds. The molecule has 0 aromatic carbocycles. The highest BCUT2D eigenvalue weighted by molar-refractivity contribution is 7.99. The second-order valence-corrected chi connectivity index (χ2v) is 5.44. The summed E-state index contributed by atoms with van der Waals surface area (Å²) in [5.41, 5.74) is -0.615. The molecule has 1 saturated heterocycles. The molecule has 18 heavy (non-hydrogen) atoms. The Hall–Kier alpha value is -0.110. The molecule has 106 valence electrons. The van der Waals surface area contributed by atoms with E-state index in [1.807, 2.05) is 0 Å². The molecule has 5 nitrogen and oxygen atoms in total. The van der Waals surface area contributed by atoms with Crippen molar-refractivity contribution in [1.29, 1.82) is 0 Å². The van der Waals surface area contributed by atoms with Crippen LogP contribution in [0.4, 0.5) is 0 Å². The number of hydrogen-bond acceptors (Lipinski definition) is 6. The standard InChI is InChI=1S/C12H22O5S/c1-2-3-4-5-6-18-12-11(16)10(15)9(14)8(7-13)17-12/h3-4,8-16H,2,5-7H2,1H3/b4-3-/t8-,9-,10+,11-,12+/m1/s1. The first-order valence-corrected chi connectivity index (χ1v) is 7.23. The summed E-state index contributed by atoms with van der Waals surface area (Å²) in [5, 5.41) is 38.0. The minimum absolute atomic E-state index is 0.377. The van der Waals surface area contributed by atoms with Crippen LogP contribution < -0.4 is 0 Å². The fourth-order valence-corrected chi connectivity index (χ4v) is 2.83. The molecule has 0 unspecified atom stereocenters. The molecule has 5 atom stereocenters. The average molecular weight is 278 g/mol. The Morgan fingerprint density at radius 1 is 1.11 bits per heavy atom. The van der Waals surface area contributed by atoms with Gasteiger partial charge >= 0.3 is 0 Å². The third-order valence-electron chi connectivity index (χ3n) is 2.82. The molecule has 0 aliphatic carbocycles. The molecule has 0 aromatic heterocycles. The number of aliphatic hydroxyl groups excluding tert-OH is 4. The van der Waals surface area contributed by atoms with Crippen LogP contribution in [-0.2, 0) is 4.74 Å². The van der Waals surface area contributed by atoms with E-state index in [0.29, 0.717) is 0 Å². The number of ether oxygens (including phenoxy) is 1. The zero-order valence-corrected chi connectivity index (χ0v) is 11.3.